The normalized spacial score (nSPS) is 17.3. The van der Waals surface area contributed by atoms with Crippen molar-refractivity contribution in [1.82, 2.24) is 15.5 Å². The summed E-state index contributed by atoms with van der Waals surface area (Å²) in [5, 5.41) is 5.00. The van der Waals surface area contributed by atoms with Crippen LogP contribution < -0.4 is 15.5 Å². The first-order chi connectivity index (χ1) is 11.6. The number of benzene rings is 1. The number of carbonyl (C=O) groups excluding carboxylic acids is 3. The van der Waals surface area contributed by atoms with Crippen molar-refractivity contribution in [3.63, 3.8) is 0 Å². The van der Waals surface area contributed by atoms with Gasteiger partial charge in [0.2, 0.25) is 5.91 Å². The molecule has 7 nitrogen and oxygen atoms in total. The first kappa shape index (κ1) is 16.3. The molecule has 1 heterocycles. The van der Waals surface area contributed by atoms with Crippen LogP contribution in [0, 0.1) is 0 Å². The Hall–Kier alpha value is -2.57. The molecule has 1 aliphatic carbocycles. The molecule has 0 atom stereocenters. The van der Waals surface area contributed by atoms with E-state index in [0.717, 1.165) is 31.6 Å². The zero-order valence-electron chi connectivity index (χ0n) is 13.5. The van der Waals surface area contributed by atoms with Crippen molar-refractivity contribution in [3.8, 4) is 0 Å². The van der Waals surface area contributed by atoms with E-state index >= 15 is 0 Å². The molecule has 1 saturated carbocycles. The van der Waals surface area contributed by atoms with Crippen LogP contribution in [0.1, 0.15) is 12.8 Å². The summed E-state index contributed by atoms with van der Waals surface area (Å²) in [6.07, 6.45) is 1.84. The first-order valence-corrected chi connectivity index (χ1v) is 8.30. The standard InChI is InChI=1S/C17H22N4O3/c22-15(12-18-16(23)17(24)19-13-6-7-13)21-10-8-20(9-11-21)14-4-2-1-3-5-14/h1-5,13H,6-12H2,(H,18,23)(H,19,24). The Morgan fingerprint density at radius 1 is 0.958 bits per heavy atom. The quantitative estimate of drug-likeness (QED) is 0.745. The van der Waals surface area contributed by atoms with E-state index in [4.69, 9.17) is 0 Å². The number of para-hydroxylation sites is 1. The highest BCUT2D eigenvalue weighted by molar-refractivity contribution is 6.35. The van der Waals surface area contributed by atoms with Gasteiger partial charge in [0.25, 0.3) is 0 Å². The highest BCUT2D eigenvalue weighted by Gasteiger charge is 2.27. The fourth-order valence-corrected chi connectivity index (χ4v) is 2.68. The van der Waals surface area contributed by atoms with Crippen LogP contribution in [0.2, 0.25) is 0 Å². The molecule has 3 amide bonds. The summed E-state index contributed by atoms with van der Waals surface area (Å²) in [5.74, 6) is -1.55. The fourth-order valence-electron chi connectivity index (χ4n) is 2.68. The van der Waals surface area contributed by atoms with Crippen molar-refractivity contribution in [2.45, 2.75) is 18.9 Å². The summed E-state index contributed by atoms with van der Waals surface area (Å²) in [6, 6.07) is 10.2. The summed E-state index contributed by atoms with van der Waals surface area (Å²) in [5.41, 5.74) is 1.15. The molecule has 128 valence electrons. The molecule has 1 aliphatic heterocycles. The molecule has 24 heavy (non-hydrogen) atoms. The molecule has 0 unspecified atom stereocenters. The molecule has 7 heteroatoms. The molecule has 0 bridgehead atoms. The molecule has 1 aromatic rings. The third kappa shape index (κ3) is 4.24. The van der Waals surface area contributed by atoms with Crippen LogP contribution in [0.3, 0.4) is 0 Å². The number of anilines is 1. The lowest BCUT2D eigenvalue weighted by molar-refractivity contribution is -0.140. The highest BCUT2D eigenvalue weighted by atomic mass is 16.2. The summed E-state index contributed by atoms with van der Waals surface area (Å²) in [6.45, 7) is 2.59. The van der Waals surface area contributed by atoms with Crippen molar-refractivity contribution < 1.29 is 14.4 Å². The van der Waals surface area contributed by atoms with Gasteiger partial charge in [-0.3, -0.25) is 14.4 Å². The molecule has 2 N–H and O–H groups in total. The Kier molecular flexibility index (Phi) is 4.98. The Morgan fingerprint density at radius 2 is 1.62 bits per heavy atom. The molecule has 3 rings (SSSR count). The second-order valence-electron chi connectivity index (χ2n) is 6.13. The van der Waals surface area contributed by atoms with Gasteiger partial charge in [0.1, 0.15) is 0 Å². The maximum Gasteiger partial charge on any atom is 0.309 e. The average molecular weight is 330 g/mol. The predicted octanol–water partition coefficient (Wildman–Crippen LogP) is -0.270. The van der Waals surface area contributed by atoms with Gasteiger partial charge in [-0.2, -0.15) is 0 Å². The van der Waals surface area contributed by atoms with E-state index in [1.807, 2.05) is 18.2 Å². The van der Waals surface area contributed by atoms with E-state index in [9.17, 15) is 14.4 Å². The SMILES string of the molecule is O=C(NCC(=O)N1CCN(c2ccccc2)CC1)C(=O)NC1CC1. The van der Waals surface area contributed by atoms with Gasteiger partial charge in [0.05, 0.1) is 6.54 Å². The molecular weight excluding hydrogens is 308 g/mol. The number of hydrogen-bond acceptors (Lipinski definition) is 4. The van der Waals surface area contributed by atoms with Crippen LogP contribution in [-0.2, 0) is 14.4 Å². The van der Waals surface area contributed by atoms with Crippen LogP contribution in [0.15, 0.2) is 30.3 Å². The fraction of sp³-hybridized carbons (Fsp3) is 0.471. The Morgan fingerprint density at radius 3 is 2.25 bits per heavy atom. The molecular formula is C17H22N4O3. The third-order valence-electron chi connectivity index (χ3n) is 4.27. The second-order valence-corrected chi connectivity index (χ2v) is 6.13. The minimum atomic E-state index is -0.738. The smallest absolute Gasteiger partial charge is 0.309 e. The van der Waals surface area contributed by atoms with E-state index in [2.05, 4.69) is 27.7 Å². The maximum absolute atomic E-state index is 12.2. The Bertz CT molecular complexity index is 608. The Labute approximate surface area is 141 Å². The number of nitrogens with one attached hydrogen (secondary N) is 2. The zero-order chi connectivity index (χ0) is 16.9. The Balaban J connectivity index is 1.40. The molecule has 0 spiro atoms. The molecule has 0 radical (unpaired) electrons. The lowest BCUT2D eigenvalue weighted by atomic mass is 10.2. The van der Waals surface area contributed by atoms with Crippen molar-refractivity contribution in [2.75, 3.05) is 37.6 Å². The summed E-state index contributed by atoms with van der Waals surface area (Å²) in [4.78, 5) is 39.3. The van der Waals surface area contributed by atoms with Gasteiger partial charge in [-0.05, 0) is 25.0 Å². The molecule has 2 fully saturated rings. The van der Waals surface area contributed by atoms with E-state index in [1.165, 1.54) is 0 Å². The molecule has 1 aromatic carbocycles. The molecule has 2 aliphatic rings. The largest absolute Gasteiger partial charge is 0.368 e. The number of nitrogens with zero attached hydrogens (tertiary/aromatic N) is 2. The van der Waals surface area contributed by atoms with E-state index in [1.54, 1.807) is 4.90 Å². The third-order valence-corrected chi connectivity index (χ3v) is 4.27. The van der Waals surface area contributed by atoms with Crippen molar-refractivity contribution >= 4 is 23.4 Å². The van der Waals surface area contributed by atoms with Crippen molar-refractivity contribution in [3.05, 3.63) is 30.3 Å². The van der Waals surface area contributed by atoms with Gasteiger partial charge in [0, 0.05) is 37.9 Å². The van der Waals surface area contributed by atoms with Crippen molar-refractivity contribution in [2.24, 2.45) is 0 Å². The van der Waals surface area contributed by atoms with Gasteiger partial charge < -0.3 is 20.4 Å². The minimum absolute atomic E-state index is 0.130. The topological polar surface area (TPSA) is 81.8 Å². The van der Waals surface area contributed by atoms with E-state index < -0.39 is 11.8 Å². The van der Waals surface area contributed by atoms with Gasteiger partial charge in [0.15, 0.2) is 0 Å². The van der Waals surface area contributed by atoms with Crippen LogP contribution >= 0.6 is 0 Å². The summed E-state index contributed by atoms with van der Waals surface area (Å²) >= 11 is 0. The highest BCUT2D eigenvalue weighted by Crippen LogP contribution is 2.18. The van der Waals surface area contributed by atoms with Crippen LogP contribution in [0.4, 0.5) is 5.69 Å². The summed E-state index contributed by atoms with van der Waals surface area (Å²) < 4.78 is 0. The number of carbonyl (C=O) groups is 3. The van der Waals surface area contributed by atoms with Gasteiger partial charge in [-0.25, -0.2) is 0 Å². The number of rotatable bonds is 4. The van der Waals surface area contributed by atoms with Crippen molar-refractivity contribution in [1.29, 1.82) is 0 Å². The first-order valence-electron chi connectivity index (χ1n) is 8.30. The maximum atomic E-state index is 12.2. The number of piperazine rings is 1. The summed E-state index contributed by atoms with van der Waals surface area (Å²) in [7, 11) is 0. The predicted molar refractivity (Wildman–Crippen MR) is 89.4 cm³/mol. The van der Waals surface area contributed by atoms with Gasteiger partial charge in [-0.15, -0.1) is 0 Å². The van der Waals surface area contributed by atoms with Crippen LogP contribution in [-0.4, -0.2) is 61.4 Å². The molecule has 0 aromatic heterocycles. The number of hydrogen-bond donors (Lipinski definition) is 2. The van der Waals surface area contributed by atoms with Gasteiger partial charge in [-0.1, -0.05) is 18.2 Å². The number of amides is 3. The zero-order valence-corrected chi connectivity index (χ0v) is 13.5. The monoisotopic (exact) mass is 330 g/mol. The molecule has 1 saturated heterocycles. The average Bonchev–Trinajstić information content (AvgIpc) is 3.44. The van der Waals surface area contributed by atoms with Gasteiger partial charge >= 0.3 is 11.8 Å². The minimum Gasteiger partial charge on any atom is -0.368 e. The van der Waals surface area contributed by atoms with Crippen LogP contribution in [0.25, 0.3) is 0 Å². The lowest BCUT2D eigenvalue weighted by Crippen LogP contribution is -2.52. The van der Waals surface area contributed by atoms with Crippen LogP contribution in [0.5, 0.6) is 0 Å². The van der Waals surface area contributed by atoms with E-state index in [-0.39, 0.29) is 18.5 Å². The lowest BCUT2D eigenvalue weighted by Gasteiger charge is -2.36. The van der Waals surface area contributed by atoms with E-state index in [0.29, 0.717) is 13.1 Å². The second kappa shape index (κ2) is 7.33.